The minimum absolute atomic E-state index is 0.0835. The van der Waals surface area contributed by atoms with E-state index in [2.05, 4.69) is 5.32 Å². The second-order valence-electron chi connectivity index (χ2n) is 4.39. The topological polar surface area (TPSA) is 29.1 Å². The summed E-state index contributed by atoms with van der Waals surface area (Å²) in [7, 11) is 0. The molecule has 0 saturated heterocycles. The van der Waals surface area contributed by atoms with Crippen molar-refractivity contribution in [3.63, 3.8) is 0 Å². The smallest absolute Gasteiger partial charge is 0.234 e. The van der Waals surface area contributed by atoms with Gasteiger partial charge in [-0.15, -0.1) is 11.8 Å². The first-order chi connectivity index (χ1) is 9.95. The monoisotopic (exact) mass is 311 g/mol. The first-order valence-corrected chi connectivity index (χ1v) is 7.08. The van der Waals surface area contributed by atoms with Gasteiger partial charge in [-0.05, 0) is 36.8 Å². The number of hydrogen-bond acceptors (Lipinski definition) is 2. The molecular weight excluding hydrogens is 299 g/mol. The van der Waals surface area contributed by atoms with Gasteiger partial charge in [0.2, 0.25) is 5.91 Å². The summed E-state index contributed by atoms with van der Waals surface area (Å²) in [5, 5.41) is 2.42. The lowest BCUT2D eigenvalue weighted by atomic mass is 10.2. The minimum Gasteiger partial charge on any atom is -0.323 e. The Balaban J connectivity index is 1.97. The molecule has 6 heteroatoms. The van der Waals surface area contributed by atoms with Gasteiger partial charge in [0.1, 0.15) is 17.5 Å². The number of halogens is 3. The van der Waals surface area contributed by atoms with Gasteiger partial charge in [0.05, 0.1) is 11.4 Å². The molecule has 0 saturated carbocycles. The van der Waals surface area contributed by atoms with E-state index in [0.717, 1.165) is 29.5 Å². The molecule has 0 aliphatic rings. The number of nitrogens with one attached hydrogen (secondary N) is 1. The number of hydrogen-bond donors (Lipinski definition) is 1. The summed E-state index contributed by atoms with van der Waals surface area (Å²) in [6, 6.07) is 7.49. The summed E-state index contributed by atoms with van der Waals surface area (Å²) in [5.41, 5.74) is 0.893. The number of amides is 1. The average Bonchev–Trinajstić information content (AvgIpc) is 2.42. The molecule has 21 heavy (non-hydrogen) atoms. The first kappa shape index (κ1) is 15.4. The number of rotatable bonds is 4. The van der Waals surface area contributed by atoms with Gasteiger partial charge in [-0.25, -0.2) is 13.2 Å². The Morgan fingerprint density at radius 2 is 1.86 bits per heavy atom. The Hall–Kier alpha value is -1.95. The number of carbonyl (C=O) groups excluding carboxylic acids is 1. The van der Waals surface area contributed by atoms with Crippen LogP contribution in [0.2, 0.25) is 0 Å². The fourth-order valence-corrected chi connectivity index (χ4v) is 2.38. The molecule has 2 nitrogen and oxygen atoms in total. The molecule has 0 aliphatic heterocycles. The van der Waals surface area contributed by atoms with E-state index in [1.54, 1.807) is 13.0 Å². The predicted molar refractivity (Wildman–Crippen MR) is 76.8 cm³/mol. The number of thioether (sulfide) groups is 1. The van der Waals surface area contributed by atoms with Crippen molar-refractivity contribution in [3.8, 4) is 0 Å². The molecule has 2 aromatic rings. The molecule has 0 heterocycles. The zero-order chi connectivity index (χ0) is 15.4. The van der Waals surface area contributed by atoms with Crippen molar-refractivity contribution in [3.05, 3.63) is 59.4 Å². The van der Waals surface area contributed by atoms with Crippen molar-refractivity contribution >= 4 is 23.4 Å². The van der Waals surface area contributed by atoms with Crippen molar-refractivity contribution in [1.29, 1.82) is 0 Å². The molecule has 2 aromatic carbocycles. The second kappa shape index (κ2) is 6.67. The van der Waals surface area contributed by atoms with Crippen LogP contribution in [0.15, 0.2) is 41.3 Å². The second-order valence-corrected chi connectivity index (χ2v) is 5.41. The van der Waals surface area contributed by atoms with Crippen LogP contribution in [0.1, 0.15) is 5.56 Å². The van der Waals surface area contributed by atoms with E-state index >= 15 is 0 Å². The maximum absolute atomic E-state index is 13.5. The predicted octanol–water partition coefficient (Wildman–Crippen LogP) is 4.14. The first-order valence-electron chi connectivity index (χ1n) is 6.09. The van der Waals surface area contributed by atoms with E-state index in [4.69, 9.17) is 0 Å². The van der Waals surface area contributed by atoms with Gasteiger partial charge in [0.15, 0.2) is 0 Å². The summed E-state index contributed by atoms with van der Waals surface area (Å²) in [4.78, 5) is 11.9. The summed E-state index contributed by atoms with van der Waals surface area (Å²) in [6.07, 6.45) is 0. The third-order valence-electron chi connectivity index (χ3n) is 2.65. The van der Waals surface area contributed by atoms with E-state index in [0.29, 0.717) is 0 Å². The molecule has 1 amide bonds. The number of carbonyl (C=O) groups is 1. The fraction of sp³-hybridized carbons (Fsp3) is 0.133. The molecule has 0 atom stereocenters. The van der Waals surface area contributed by atoms with Crippen LogP contribution in [0.4, 0.5) is 18.9 Å². The number of benzene rings is 2. The fourth-order valence-electron chi connectivity index (χ4n) is 1.66. The van der Waals surface area contributed by atoms with E-state index < -0.39 is 23.4 Å². The van der Waals surface area contributed by atoms with Crippen molar-refractivity contribution in [2.75, 3.05) is 11.1 Å². The summed E-state index contributed by atoms with van der Waals surface area (Å²) < 4.78 is 39.6. The summed E-state index contributed by atoms with van der Waals surface area (Å²) >= 11 is 0.917. The van der Waals surface area contributed by atoms with Gasteiger partial charge in [-0.3, -0.25) is 4.79 Å². The third-order valence-corrected chi connectivity index (χ3v) is 3.70. The number of anilines is 1. The highest BCUT2D eigenvalue weighted by Crippen LogP contribution is 2.23. The molecule has 0 spiro atoms. The molecule has 0 aliphatic carbocycles. The maximum atomic E-state index is 13.5. The average molecular weight is 311 g/mol. The van der Waals surface area contributed by atoms with Crippen LogP contribution < -0.4 is 5.32 Å². The lowest BCUT2D eigenvalue weighted by Crippen LogP contribution is -2.15. The lowest BCUT2D eigenvalue weighted by Gasteiger charge is -2.07. The van der Waals surface area contributed by atoms with Crippen LogP contribution in [0, 0.1) is 24.4 Å². The van der Waals surface area contributed by atoms with Crippen molar-refractivity contribution in [1.82, 2.24) is 0 Å². The molecule has 0 fully saturated rings. The van der Waals surface area contributed by atoms with Crippen molar-refractivity contribution in [2.24, 2.45) is 0 Å². The maximum Gasteiger partial charge on any atom is 0.234 e. The highest BCUT2D eigenvalue weighted by Gasteiger charge is 2.10. The Bertz CT molecular complexity index is 676. The Morgan fingerprint density at radius 3 is 2.57 bits per heavy atom. The third kappa shape index (κ3) is 4.26. The SMILES string of the molecule is Cc1ccc(F)c(NC(=O)CSc2ccc(F)cc2F)c1. The van der Waals surface area contributed by atoms with Gasteiger partial charge in [-0.2, -0.15) is 0 Å². The Morgan fingerprint density at radius 1 is 1.10 bits per heavy atom. The highest BCUT2D eigenvalue weighted by molar-refractivity contribution is 8.00. The van der Waals surface area contributed by atoms with E-state index in [-0.39, 0.29) is 16.3 Å². The van der Waals surface area contributed by atoms with Crippen LogP contribution in [0.3, 0.4) is 0 Å². The van der Waals surface area contributed by atoms with Crippen LogP contribution >= 0.6 is 11.8 Å². The van der Waals surface area contributed by atoms with Gasteiger partial charge in [0.25, 0.3) is 0 Å². The minimum atomic E-state index is -0.727. The van der Waals surface area contributed by atoms with E-state index in [1.807, 2.05) is 0 Å². The largest absolute Gasteiger partial charge is 0.323 e. The lowest BCUT2D eigenvalue weighted by molar-refractivity contribution is -0.113. The summed E-state index contributed by atoms with van der Waals surface area (Å²) in [5.74, 6) is -2.51. The normalized spacial score (nSPS) is 10.5. The summed E-state index contributed by atoms with van der Waals surface area (Å²) in [6.45, 7) is 1.78. The van der Waals surface area contributed by atoms with E-state index in [9.17, 15) is 18.0 Å². The van der Waals surface area contributed by atoms with Crippen molar-refractivity contribution in [2.45, 2.75) is 11.8 Å². The van der Waals surface area contributed by atoms with E-state index in [1.165, 1.54) is 18.2 Å². The quantitative estimate of drug-likeness (QED) is 0.860. The van der Waals surface area contributed by atoms with Gasteiger partial charge >= 0.3 is 0 Å². The zero-order valence-electron chi connectivity index (χ0n) is 11.1. The molecule has 1 N–H and O–H groups in total. The molecule has 0 aromatic heterocycles. The highest BCUT2D eigenvalue weighted by atomic mass is 32.2. The van der Waals surface area contributed by atoms with Gasteiger partial charge < -0.3 is 5.32 Å². The van der Waals surface area contributed by atoms with Crippen LogP contribution in [0.25, 0.3) is 0 Å². The van der Waals surface area contributed by atoms with Gasteiger partial charge in [0, 0.05) is 11.0 Å². The molecule has 110 valence electrons. The molecule has 0 radical (unpaired) electrons. The van der Waals surface area contributed by atoms with Crippen LogP contribution in [0.5, 0.6) is 0 Å². The van der Waals surface area contributed by atoms with Crippen LogP contribution in [-0.4, -0.2) is 11.7 Å². The van der Waals surface area contributed by atoms with Gasteiger partial charge in [-0.1, -0.05) is 6.07 Å². The zero-order valence-corrected chi connectivity index (χ0v) is 11.9. The molecule has 0 unspecified atom stereocenters. The molecular formula is C15H12F3NOS. The standard InChI is InChI=1S/C15H12F3NOS/c1-9-2-4-11(17)13(6-9)19-15(20)8-21-14-5-3-10(16)7-12(14)18/h2-7H,8H2,1H3,(H,19,20). The van der Waals surface area contributed by atoms with Crippen LogP contribution in [-0.2, 0) is 4.79 Å². The number of aryl methyl sites for hydroxylation is 1. The van der Waals surface area contributed by atoms with Crippen molar-refractivity contribution < 1.29 is 18.0 Å². The molecule has 2 rings (SSSR count). The Kier molecular flexibility index (Phi) is 4.90. The Labute approximate surface area is 124 Å². The molecule has 0 bridgehead atoms.